The normalized spacial score (nSPS) is 10.4. The van der Waals surface area contributed by atoms with Gasteiger partial charge in [0.2, 0.25) is 5.95 Å². The number of rotatable bonds is 3. The van der Waals surface area contributed by atoms with Crippen molar-refractivity contribution in [2.45, 2.75) is 0 Å². The molecular formula is C13H9N5O2. The molecule has 0 fully saturated rings. The molecule has 0 amide bonds. The van der Waals surface area contributed by atoms with Crippen molar-refractivity contribution >= 4 is 28.2 Å². The fraction of sp³-hybridized carbons (Fsp3) is 0. The predicted molar refractivity (Wildman–Crippen MR) is 73.7 cm³/mol. The highest BCUT2D eigenvalue weighted by Crippen LogP contribution is 2.19. The van der Waals surface area contributed by atoms with Gasteiger partial charge in [-0.3, -0.25) is 15.1 Å². The van der Waals surface area contributed by atoms with E-state index in [9.17, 15) is 10.1 Å². The number of fused-ring (bicyclic) bond motifs is 1. The Morgan fingerprint density at radius 2 is 1.90 bits per heavy atom. The topological polar surface area (TPSA) is 93.8 Å². The molecule has 2 aromatic heterocycles. The van der Waals surface area contributed by atoms with Crippen molar-refractivity contribution in [3.8, 4) is 0 Å². The van der Waals surface area contributed by atoms with Gasteiger partial charge in [-0.1, -0.05) is 6.07 Å². The smallest absolute Gasteiger partial charge is 0.305 e. The Balaban J connectivity index is 1.87. The van der Waals surface area contributed by atoms with E-state index in [0.717, 1.165) is 29.0 Å². The molecule has 0 saturated heterocycles. The van der Waals surface area contributed by atoms with Crippen LogP contribution in [0.1, 0.15) is 0 Å². The lowest BCUT2D eigenvalue weighted by molar-refractivity contribution is -0.385. The van der Waals surface area contributed by atoms with E-state index in [2.05, 4.69) is 20.3 Å². The summed E-state index contributed by atoms with van der Waals surface area (Å²) in [4.78, 5) is 22.0. The highest BCUT2D eigenvalue weighted by molar-refractivity contribution is 5.82. The lowest BCUT2D eigenvalue weighted by Gasteiger charge is -2.05. The Morgan fingerprint density at radius 1 is 1.10 bits per heavy atom. The molecule has 0 atom stereocenters. The largest absolute Gasteiger partial charge is 0.324 e. The molecule has 0 radical (unpaired) electrons. The average molecular weight is 267 g/mol. The third-order valence-corrected chi connectivity index (χ3v) is 2.71. The van der Waals surface area contributed by atoms with Crippen LogP contribution < -0.4 is 5.32 Å². The summed E-state index contributed by atoms with van der Waals surface area (Å²) in [5.41, 5.74) is 1.54. The number of aromatic nitrogens is 3. The molecule has 1 N–H and O–H groups in total. The molecule has 7 heteroatoms. The van der Waals surface area contributed by atoms with E-state index in [1.807, 2.05) is 30.3 Å². The van der Waals surface area contributed by atoms with Crippen LogP contribution in [0.25, 0.3) is 10.9 Å². The van der Waals surface area contributed by atoms with Crippen LogP contribution in [0.15, 0.2) is 48.9 Å². The quantitative estimate of drug-likeness (QED) is 0.579. The lowest BCUT2D eigenvalue weighted by atomic mass is 10.2. The van der Waals surface area contributed by atoms with Gasteiger partial charge in [-0.05, 0) is 24.3 Å². The molecule has 98 valence electrons. The zero-order valence-corrected chi connectivity index (χ0v) is 10.2. The minimum Gasteiger partial charge on any atom is -0.324 e. The second-order valence-electron chi connectivity index (χ2n) is 4.06. The average Bonchev–Trinajstić information content (AvgIpc) is 2.48. The van der Waals surface area contributed by atoms with Gasteiger partial charge in [0, 0.05) is 17.3 Å². The van der Waals surface area contributed by atoms with E-state index in [1.165, 1.54) is 0 Å². The maximum Gasteiger partial charge on any atom is 0.305 e. The van der Waals surface area contributed by atoms with E-state index >= 15 is 0 Å². The lowest BCUT2D eigenvalue weighted by Crippen LogP contribution is -1.98. The fourth-order valence-electron chi connectivity index (χ4n) is 1.76. The summed E-state index contributed by atoms with van der Waals surface area (Å²) in [5, 5.41) is 14.5. The van der Waals surface area contributed by atoms with Crippen molar-refractivity contribution in [1.29, 1.82) is 0 Å². The summed E-state index contributed by atoms with van der Waals surface area (Å²) >= 11 is 0. The van der Waals surface area contributed by atoms with Gasteiger partial charge in [-0.15, -0.1) is 0 Å². The minimum atomic E-state index is -0.536. The molecule has 20 heavy (non-hydrogen) atoms. The van der Waals surface area contributed by atoms with Gasteiger partial charge in [0.25, 0.3) is 0 Å². The zero-order valence-electron chi connectivity index (χ0n) is 10.2. The number of nitro groups is 1. The fourth-order valence-corrected chi connectivity index (χ4v) is 1.76. The van der Waals surface area contributed by atoms with Crippen LogP contribution in [0.2, 0.25) is 0 Å². The maximum atomic E-state index is 10.5. The summed E-state index contributed by atoms with van der Waals surface area (Å²) in [5.74, 6) is 0.304. The van der Waals surface area contributed by atoms with Crippen LogP contribution in [0.4, 0.5) is 17.3 Å². The first-order valence-corrected chi connectivity index (χ1v) is 5.80. The molecule has 0 bridgehead atoms. The first kappa shape index (κ1) is 12.0. The minimum absolute atomic E-state index is 0.140. The summed E-state index contributed by atoms with van der Waals surface area (Å²) in [6, 6.07) is 9.44. The number of hydrogen-bond acceptors (Lipinski definition) is 6. The third kappa shape index (κ3) is 2.37. The molecule has 2 heterocycles. The van der Waals surface area contributed by atoms with Crippen molar-refractivity contribution in [3.63, 3.8) is 0 Å². The highest BCUT2D eigenvalue weighted by atomic mass is 16.6. The summed E-state index contributed by atoms with van der Waals surface area (Å²) < 4.78 is 0. The number of pyridine rings is 1. The van der Waals surface area contributed by atoms with Crippen LogP contribution >= 0.6 is 0 Å². The number of nitrogens with one attached hydrogen (secondary N) is 1. The number of anilines is 2. The molecular weight excluding hydrogens is 258 g/mol. The molecule has 0 aliphatic rings. The van der Waals surface area contributed by atoms with Gasteiger partial charge < -0.3 is 5.32 Å². The van der Waals surface area contributed by atoms with Gasteiger partial charge in [0.1, 0.15) is 12.4 Å². The number of hydrogen-bond donors (Lipinski definition) is 1. The maximum absolute atomic E-state index is 10.5. The van der Waals surface area contributed by atoms with Gasteiger partial charge in [0.05, 0.1) is 10.4 Å². The van der Waals surface area contributed by atoms with Gasteiger partial charge in [-0.25, -0.2) is 9.97 Å². The Bertz CT molecular complexity index is 773. The number of benzene rings is 1. The summed E-state index contributed by atoms with van der Waals surface area (Å²) in [6.07, 6.45) is 4.06. The van der Waals surface area contributed by atoms with Crippen LogP contribution in [-0.4, -0.2) is 19.9 Å². The van der Waals surface area contributed by atoms with Crippen LogP contribution in [0.3, 0.4) is 0 Å². The van der Waals surface area contributed by atoms with E-state index in [-0.39, 0.29) is 5.69 Å². The molecule has 0 aliphatic carbocycles. The second kappa shape index (κ2) is 4.88. The van der Waals surface area contributed by atoms with Gasteiger partial charge in [-0.2, -0.15) is 0 Å². The zero-order chi connectivity index (χ0) is 13.9. The van der Waals surface area contributed by atoms with Crippen molar-refractivity contribution in [2.75, 3.05) is 5.32 Å². The van der Waals surface area contributed by atoms with E-state index in [0.29, 0.717) is 5.95 Å². The SMILES string of the molecule is O=[N+]([O-])c1cnc(Nc2ccc3ncccc3c2)nc1. The van der Waals surface area contributed by atoms with Crippen molar-refractivity contribution < 1.29 is 4.92 Å². The molecule has 0 saturated carbocycles. The van der Waals surface area contributed by atoms with E-state index in [4.69, 9.17) is 0 Å². The van der Waals surface area contributed by atoms with E-state index in [1.54, 1.807) is 6.20 Å². The van der Waals surface area contributed by atoms with Crippen molar-refractivity contribution in [2.24, 2.45) is 0 Å². The first-order valence-electron chi connectivity index (χ1n) is 5.80. The first-order chi connectivity index (χ1) is 9.72. The number of nitrogens with zero attached hydrogens (tertiary/aromatic N) is 4. The third-order valence-electron chi connectivity index (χ3n) is 2.71. The molecule has 0 unspecified atom stereocenters. The van der Waals surface area contributed by atoms with Crippen LogP contribution in [0, 0.1) is 10.1 Å². The van der Waals surface area contributed by atoms with Crippen molar-refractivity contribution in [3.05, 3.63) is 59.0 Å². The van der Waals surface area contributed by atoms with Crippen LogP contribution in [-0.2, 0) is 0 Å². The predicted octanol–water partition coefficient (Wildman–Crippen LogP) is 2.68. The summed E-state index contributed by atoms with van der Waals surface area (Å²) in [7, 11) is 0. The molecule has 0 spiro atoms. The Labute approximate surface area is 113 Å². The highest BCUT2D eigenvalue weighted by Gasteiger charge is 2.06. The van der Waals surface area contributed by atoms with Crippen LogP contribution in [0.5, 0.6) is 0 Å². The Kier molecular flexibility index (Phi) is 2.92. The monoisotopic (exact) mass is 267 g/mol. The molecule has 3 aromatic rings. The van der Waals surface area contributed by atoms with Gasteiger partial charge >= 0.3 is 5.69 Å². The van der Waals surface area contributed by atoms with Crippen molar-refractivity contribution in [1.82, 2.24) is 15.0 Å². The van der Waals surface area contributed by atoms with E-state index < -0.39 is 4.92 Å². The molecule has 0 aliphatic heterocycles. The Morgan fingerprint density at radius 3 is 2.65 bits per heavy atom. The standard InChI is InChI=1S/C13H9N5O2/c19-18(20)11-7-15-13(16-8-11)17-10-3-4-12-9(6-10)2-1-5-14-12/h1-8H,(H,15,16,17). The second-order valence-corrected chi connectivity index (χ2v) is 4.06. The molecule has 1 aromatic carbocycles. The molecule has 7 nitrogen and oxygen atoms in total. The summed E-state index contributed by atoms with van der Waals surface area (Å²) in [6.45, 7) is 0. The Hall–Kier alpha value is -3.09. The van der Waals surface area contributed by atoms with Gasteiger partial charge in [0.15, 0.2) is 0 Å². The molecule has 3 rings (SSSR count).